The summed E-state index contributed by atoms with van der Waals surface area (Å²) in [4.78, 5) is 44.1. The zero-order valence-corrected chi connectivity index (χ0v) is 20.4. The van der Waals surface area contributed by atoms with Crippen molar-refractivity contribution in [1.29, 1.82) is 0 Å². The number of amides is 2. The highest BCUT2D eigenvalue weighted by atomic mass is 16.5. The molecule has 1 aromatic carbocycles. The molecule has 0 bridgehead atoms. The van der Waals surface area contributed by atoms with Crippen molar-refractivity contribution in [3.63, 3.8) is 0 Å². The first-order chi connectivity index (χ1) is 16.1. The van der Waals surface area contributed by atoms with E-state index in [1.54, 1.807) is 19.9 Å². The minimum Gasteiger partial charge on any atom is -0.452 e. The Bertz CT molecular complexity index is 1230. The van der Waals surface area contributed by atoms with Gasteiger partial charge in [-0.1, -0.05) is 24.2 Å². The van der Waals surface area contributed by atoms with Crippen molar-refractivity contribution in [3.8, 4) is 0 Å². The number of aryl methyl sites for hydroxylation is 3. The van der Waals surface area contributed by atoms with Gasteiger partial charge in [0.2, 0.25) is 5.91 Å². The van der Waals surface area contributed by atoms with Crippen LogP contribution < -0.4 is 5.32 Å². The Kier molecular flexibility index (Phi) is 7.65. The molecule has 2 aromatic heterocycles. The Balaban J connectivity index is 1.70. The van der Waals surface area contributed by atoms with Gasteiger partial charge in [0.25, 0.3) is 11.6 Å². The molecule has 0 saturated heterocycles. The minimum atomic E-state index is -0.681. The van der Waals surface area contributed by atoms with E-state index in [4.69, 9.17) is 9.26 Å². The normalized spacial score (nSPS) is 11.8. The molecule has 0 saturated carbocycles. The molecule has 0 fully saturated rings. The van der Waals surface area contributed by atoms with Crippen LogP contribution in [-0.2, 0) is 14.3 Å². The molecule has 3 aromatic rings. The smallest absolute Gasteiger partial charge is 0.339 e. The summed E-state index contributed by atoms with van der Waals surface area (Å²) in [5, 5.41) is 7.18. The van der Waals surface area contributed by atoms with E-state index in [-0.39, 0.29) is 29.8 Å². The predicted molar refractivity (Wildman–Crippen MR) is 128 cm³/mol. The predicted octanol–water partition coefficient (Wildman–Crippen LogP) is 3.88. The average Bonchev–Trinajstić information content (AvgIpc) is 3.17. The van der Waals surface area contributed by atoms with Crippen molar-refractivity contribution in [2.45, 2.75) is 54.0 Å². The van der Waals surface area contributed by atoms with Gasteiger partial charge < -0.3 is 19.5 Å². The van der Waals surface area contributed by atoms with Gasteiger partial charge in [0.15, 0.2) is 6.61 Å². The van der Waals surface area contributed by atoms with Crippen molar-refractivity contribution in [1.82, 2.24) is 15.0 Å². The third kappa shape index (κ3) is 5.41. The first kappa shape index (κ1) is 24.9. The second-order valence-electron chi connectivity index (χ2n) is 8.41. The van der Waals surface area contributed by atoms with Gasteiger partial charge in [0.1, 0.15) is 6.54 Å². The molecule has 0 spiro atoms. The van der Waals surface area contributed by atoms with E-state index < -0.39 is 18.5 Å². The summed E-state index contributed by atoms with van der Waals surface area (Å²) in [6.07, 6.45) is 0.639. The number of benzene rings is 1. The summed E-state index contributed by atoms with van der Waals surface area (Å²) in [6, 6.07) is 7.01. The summed E-state index contributed by atoms with van der Waals surface area (Å²) in [5.74, 6) is -1.46. The number of fused-ring (bicyclic) bond motifs is 1. The lowest BCUT2D eigenvalue weighted by atomic mass is 10.1. The lowest BCUT2D eigenvalue weighted by Crippen LogP contribution is -2.45. The number of ether oxygens (including phenoxy) is 1. The van der Waals surface area contributed by atoms with Gasteiger partial charge in [-0.3, -0.25) is 9.59 Å². The molecule has 180 valence electrons. The molecule has 2 amide bonds. The zero-order valence-electron chi connectivity index (χ0n) is 20.4. The molecule has 0 unspecified atom stereocenters. The highest BCUT2D eigenvalue weighted by Gasteiger charge is 2.25. The fourth-order valence-corrected chi connectivity index (χ4v) is 3.61. The standard InChI is InChI=1S/C25H30N4O5/c1-7-16(4)29(12-21(30)27-20-10-8-9-14(2)17(20)5)22(31)13-33-25(32)19-11-15(3)26-24-23(19)18(6)28-34-24/h8-11,16H,7,12-13H2,1-6H3,(H,27,30)/t16-/m0/s1. The lowest BCUT2D eigenvalue weighted by Gasteiger charge is -2.28. The van der Waals surface area contributed by atoms with Crippen LogP contribution in [0.1, 0.15) is 53.1 Å². The topological polar surface area (TPSA) is 115 Å². The monoisotopic (exact) mass is 466 g/mol. The summed E-state index contributed by atoms with van der Waals surface area (Å²) in [6.45, 7) is 10.4. The number of pyridine rings is 1. The van der Waals surface area contributed by atoms with Crippen molar-refractivity contribution >= 4 is 34.6 Å². The van der Waals surface area contributed by atoms with Crippen molar-refractivity contribution in [3.05, 3.63) is 52.3 Å². The summed E-state index contributed by atoms with van der Waals surface area (Å²) >= 11 is 0. The van der Waals surface area contributed by atoms with Gasteiger partial charge in [-0.15, -0.1) is 0 Å². The Hall–Kier alpha value is -3.75. The number of anilines is 1. The van der Waals surface area contributed by atoms with Gasteiger partial charge in [-0.25, -0.2) is 9.78 Å². The molecule has 9 heteroatoms. The van der Waals surface area contributed by atoms with E-state index in [0.29, 0.717) is 28.9 Å². The zero-order chi connectivity index (χ0) is 25.0. The fourth-order valence-electron chi connectivity index (χ4n) is 3.61. The molecule has 9 nitrogen and oxygen atoms in total. The van der Waals surface area contributed by atoms with Crippen LogP contribution in [0.5, 0.6) is 0 Å². The van der Waals surface area contributed by atoms with Gasteiger partial charge in [-0.05, 0) is 64.3 Å². The second-order valence-corrected chi connectivity index (χ2v) is 8.41. The number of hydrogen-bond acceptors (Lipinski definition) is 7. The quantitative estimate of drug-likeness (QED) is 0.501. The maximum atomic E-state index is 13.0. The van der Waals surface area contributed by atoms with Gasteiger partial charge in [0, 0.05) is 17.4 Å². The van der Waals surface area contributed by atoms with Crippen LogP contribution in [0.15, 0.2) is 28.8 Å². The van der Waals surface area contributed by atoms with E-state index in [1.165, 1.54) is 4.90 Å². The molecular weight excluding hydrogens is 436 g/mol. The molecule has 1 N–H and O–H groups in total. The van der Waals surface area contributed by atoms with Crippen LogP contribution in [0.25, 0.3) is 11.1 Å². The second kappa shape index (κ2) is 10.5. The van der Waals surface area contributed by atoms with Crippen LogP contribution in [0.2, 0.25) is 0 Å². The molecule has 2 heterocycles. The van der Waals surface area contributed by atoms with E-state index in [2.05, 4.69) is 15.5 Å². The molecule has 3 rings (SSSR count). The molecule has 34 heavy (non-hydrogen) atoms. The van der Waals surface area contributed by atoms with Crippen LogP contribution in [0, 0.1) is 27.7 Å². The Morgan fingerprint density at radius 3 is 2.62 bits per heavy atom. The first-order valence-electron chi connectivity index (χ1n) is 11.2. The number of carbonyl (C=O) groups is 3. The maximum Gasteiger partial charge on any atom is 0.339 e. The van der Waals surface area contributed by atoms with E-state index >= 15 is 0 Å². The maximum absolute atomic E-state index is 13.0. The number of rotatable bonds is 8. The summed E-state index contributed by atoms with van der Waals surface area (Å²) in [7, 11) is 0. The number of aromatic nitrogens is 2. The largest absolute Gasteiger partial charge is 0.452 e. The Labute approximate surface area is 198 Å². The Morgan fingerprint density at radius 2 is 1.91 bits per heavy atom. The SMILES string of the molecule is CC[C@H](C)N(CC(=O)Nc1cccc(C)c1C)C(=O)COC(=O)c1cc(C)nc2onc(C)c12. The van der Waals surface area contributed by atoms with Crippen molar-refractivity contribution in [2.75, 3.05) is 18.5 Å². The minimum absolute atomic E-state index is 0.151. The average molecular weight is 467 g/mol. The first-order valence-corrected chi connectivity index (χ1v) is 11.2. The summed E-state index contributed by atoms with van der Waals surface area (Å²) < 4.78 is 10.5. The van der Waals surface area contributed by atoms with Crippen LogP contribution in [0.3, 0.4) is 0 Å². The van der Waals surface area contributed by atoms with Crippen LogP contribution >= 0.6 is 0 Å². The molecule has 0 aliphatic carbocycles. The van der Waals surface area contributed by atoms with Crippen molar-refractivity contribution < 1.29 is 23.6 Å². The highest BCUT2D eigenvalue weighted by molar-refractivity contribution is 6.04. The molecule has 1 atom stereocenters. The van der Waals surface area contributed by atoms with Gasteiger partial charge in [-0.2, -0.15) is 0 Å². The molecule has 0 aliphatic heterocycles. The Morgan fingerprint density at radius 1 is 1.18 bits per heavy atom. The number of esters is 1. The third-order valence-electron chi connectivity index (χ3n) is 5.93. The molecular formula is C25H30N4O5. The highest BCUT2D eigenvalue weighted by Crippen LogP contribution is 2.23. The van der Waals surface area contributed by atoms with Crippen molar-refractivity contribution in [2.24, 2.45) is 0 Å². The van der Waals surface area contributed by atoms with Gasteiger partial charge >= 0.3 is 5.97 Å². The van der Waals surface area contributed by atoms with E-state index in [9.17, 15) is 14.4 Å². The fraction of sp³-hybridized carbons (Fsp3) is 0.400. The number of nitrogens with one attached hydrogen (secondary N) is 1. The van der Waals surface area contributed by atoms with Gasteiger partial charge in [0.05, 0.1) is 16.6 Å². The van der Waals surface area contributed by atoms with E-state index in [1.807, 2.05) is 45.9 Å². The summed E-state index contributed by atoms with van der Waals surface area (Å²) in [5.41, 5.74) is 4.26. The molecule has 0 aliphatic rings. The van der Waals surface area contributed by atoms with E-state index in [0.717, 1.165) is 11.1 Å². The van der Waals surface area contributed by atoms with Crippen LogP contribution in [-0.4, -0.2) is 52.0 Å². The third-order valence-corrected chi connectivity index (χ3v) is 5.93. The lowest BCUT2D eigenvalue weighted by molar-refractivity contribution is -0.139. The number of carbonyl (C=O) groups excluding carboxylic acids is 3. The van der Waals surface area contributed by atoms with Crippen LogP contribution in [0.4, 0.5) is 5.69 Å². The number of nitrogens with zero attached hydrogens (tertiary/aromatic N) is 3. The number of hydrogen-bond donors (Lipinski definition) is 1. The molecule has 0 radical (unpaired) electrons.